The summed E-state index contributed by atoms with van der Waals surface area (Å²) in [6, 6.07) is 16.7. The van der Waals surface area contributed by atoms with Crippen molar-refractivity contribution in [3.05, 3.63) is 65.7 Å². The topological polar surface area (TPSA) is 66.9 Å². The van der Waals surface area contributed by atoms with Crippen molar-refractivity contribution in [2.24, 2.45) is 0 Å². The second-order valence-corrected chi connectivity index (χ2v) is 10.6. The van der Waals surface area contributed by atoms with E-state index in [1.165, 1.54) is 22.0 Å². The molecule has 0 aromatic heterocycles. The molecule has 0 saturated carbocycles. The lowest BCUT2D eigenvalue weighted by Crippen LogP contribution is -2.40. The van der Waals surface area contributed by atoms with Crippen LogP contribution in [0.2, 0.25) is 0 Å². The first kappa shape index (κ1) is 21.4. The van der Waals surface area contributed by atoms with Gasteiger partial charge in [0.1, 0.15) is 0 Å². The Kier molecular flexibility index (Phi) is 6.77. The SMILES string of the molecule is O=C(c1ccc(S(=O)(=O)N2CCOCC2)cc1)N1CCS[C@H](c2ccccc2)CC1. The summed E-state index contributed by atoms with van der Waals surface area (Å²) >= 11 is 1.89. The number of benzene rings is 2. The summed E-state index contributed by atoms with van der Waals surface area (Å²) in [6.07, 6.45) is 0.907. The predicted molar refractivity (Wildman–Crippen MR) is 118 cm³/mol. The van der Waals surface area contributed by atoms with Gasteiger partial charge in [-0.25, -0.2) is 8.42 Å². The summed E-state index contributed by atoms with van der Waals surface area (Å²) in [5, 5.41) is 0.394. The van der Waals surface area contributed by atoms with E-state index < -0.39 is 10.0 Å². The molecule has 8 heteroatoms. The molecule has 1 amide bonds. The molecule has 160 valence electrons. The molecular weight excluding hydrogens is 420 g/mol. The molecule has 2 aliphatic heterocycles. The molecular formula is C22H26N2O4S2. The first-order valence-electron chi connectivity index (χ1n) is 10.2. The molecule has 30 heavy (non-hydrogen) atoms. The quantitative estimate of drug-likeness (QED) is 0.722. The van der Waals surface area contributed by atoms with Gasteiger partial charge in [-0.15, -0.1) is 0 Å². The summed E-state index contributed by atoms with van der Waals surface area (Å²) in [5.41, 5.74) is 1.83. The van der Waals surface area contributed by atoms with Crippen molar-refractivity contribution in [3.63, 3.8) is 0 Å². The van der Waals surface area contributed by atoms with E-state index in [2.05, 4.69) is 24.3 Å². The maximum Gasteiger partial charge on any atom is 0.253 e. The number of morpholine rings is 1. The minimum absolute atomic E-state index is 0.0420. The van der Waals surface area contributed by atoms with Crippen molar-refractivity contribution >= 4 is 27.7 Å². The smallest absolute Gasteiger partial charge is 0.253 e. The van der Waals surface area contributed by atoms with Crippen LogP contribution in [0, 0.1) is 0 Å². The van der Waals surface area contributed by atoms with E-state index in [0.717, 1.165) is 12.2 Å². The number of amides is 1. The van der Waals surface area contributed by atoms with Crippen molar-refractivity contribution in [2.75, 3.05) is 45.1 Å². The van der Waals surface area contributed by atoms with Gasteiger partial charge in [-0.3, -0.25) is 4.79 Å². The standard InChI is InChI=1S/C22H26N2O4S2/c25-22(23-11-10-21(29-17-14-23)18-4-2-1-3-5-18)19-6-8-20(9-7-19)30(26,27)24-12-15-28-16-13-24/h1-9,21H,10-17H2/t21-/m0/s1. The Morgan fingerprint density at radius 2 is 1.63 bits per heavy atom. The average molecular weight is 447 g/mol. The zero-order valence-electron chi connectivity index (χ0n) is 16.8. The highest BCUT2D eigenvalue weighted by molar-refractivity contribution is 7.99. The second kappa shape index (κ2) is 9.51. The number of hydrogen-bond acceptors (Lipinski definition) is 5. The summed E-state index contributed by atoms with van der Waals surface area (Å²) in [6.45, 7) is 2.92. The van der Waals surface area contributed by atoms with Crippen LogP contribution in [0.5, 0.6) is 0 Å². The zero-order valence-corrected chi connectivity index (χ0v) is 18.4. The molecule has 1 atom stereocenters. The number of ether oxygens (including phenoxy) is 1. The van der Waals surface area contributed by atoms with Crippen LogP contribution in [-0.4, -0.2) is 68.7 Å². The summed E-state index contributed by atoms with van der Waals surface area (Å²) in [5.74, 6) is 0.842. The highest BCUT2D eigenvalue weighted by Gasteiger charge is 2.27. The fourth-order valence-electron chi connectivity index (χ4n) is 3.80. The first-order chi connectivity index (χ1) is 14.6. The van der Waals surface area contributed by atoms with Gasteiger partial charge in [0.25, 0.3) is 5.91 Å². The van der Waals surface area contributed by atoms with Crippen LogP contribution in [0.25, 0.3) is 0 Å². The van der Waals surface area contributed by atoms with Gasteiger partial charge in [-0.05, 0) is 36.2 Å². The van der Waals surface area contributed by atoms with Gasteiger partial charge in [-0.2, -0.15) is 16.1 Å². The molecule has 0 bridgehead atoms. The lowest BCUT2D eigenvalue weighted by Gasteiger charge is -2.26. The third-order valence-corrected chi connectivity index (χ3v) is 8.75. The number of rotatable bonds is 4. The molecule has 2 aromatic carbocycles. The highest BCUT2D eigenvalue weighted by atomic mass is 32.2. The number of carbonyl (C=O) groups excluding carboxylic acids is 1. The van der Waals surface area contributed by atoms with E-state index in [1.807, 2.05) is 22.7 Å². The normalized spacial score (nSPS) is 21.2. The van der Waals surface area contributed by atoms with Gasteiger partial charge in [-0.1, -0.05) is 30.3 Å². The van der Waals surface area contributed by atoms with Crippen molar-refractivity contribution < 1.29 is 17.9 Å². The molecule has 2 aromatic rings. The van der Waals surface area contributed by atoms with Gasteiger partial charge in [0.15, 0.2) is 0 Å². The molecule has 2 fully saturated rings. The number of sulfonamides is 1. The predicted octanol–water partition coefficient (Wildman–Crippen LogP) is 3.03. The van der Waals surface area contributed by atoms with Gasteiger partial charge in [0, 0.05) is 42.7 Å². The van der Waals surface area contributed by atoms with Gasteiger partial charge >= 0.3 is 0 Å². The van der Waals surface area contributed by atoms with E-state index in [4.69, 9.17) is 4.74 Å². The second-order valence-electron chi connectivity index (χ2n) is 7.39. The van der Waals surface area contributed by atoms with E-state index in [9.17, 15) is 13.2 Å². The Labute approximate surface area is 182 Å². The van der Waals surface area contributed by atoms with Gasteiger partial charge in [0.05, 0.1) is 18.1 Å². The Morgan fingerprint density at radius 1 is 0.933 bits per heavy atom. The van der Waals surface area contributed by atoms with Crippen LogP contribution in [0.1, 0.15) is 27.6 Å². The minimum Gasteiger partial charge on any atom is -0.379 e. The molecule has 6 nitrogen and oxygen atoms in total. The summed E-state index contributed by atoms with van der Waals surface area (Å²) < 4.78 is 32.2. The van der Waals surface area contributed by atoms with Crippen LogP contribution in [0.15, 0.2) is 59.5 Å². The molecule has 4 rings (SSSR count). The Hall–Kier alpha value is -1.87. The Bertz CT molecular complexity index is 958. The third-order valence-electron chi connectivity index (χ3n) is 5.51. The van der Waals surface area contributed by atoms with E-state index in [0.29, 0.717) is 50.2 Å². The van der Waals surface area contributed by atoms with E-state index >= 15 is 0 Å². The number of thioether (sulfide) groups is 1. The lowest BCUT2D eigenvalue weighted by molar-refractivity contribution is 0.0730. The third kappa shape index (κ3) is 4.72. The maximum absolute atomic E-state index is 13.0. The van der Waals surface area contributed by atoms with Crippen LogP contribution in [0.4, 0.5) is 0 Å². The van der Waals surface area contributed by atoms with Crippen LogP contribution in [0.3, 0.4) is 0 Å². The minimum atomic E-state index is -3.55. The van der Waals surface area contributed by atoms with E-state index in [-0.39, 0.29) is 10.8 Å². The molecule has 0 unspecified atom stereocenters. The lowest BCUT2D eigenvalue weighted by atomic mass is 10.1. The first-order valence-corrected chi connectivity index (χ1v) is 12.7. The van der Waals surface area contributed by atoms with Crippen molar-refractivity contribution in [1.82, 2.24) is 9.21 Å². The molecule has 0 aliphatic carbocycles. The number of nitrogens with zero attached hydrogens (tertiary/aromatic N) is 2. The monoisotopic (exact) mass is 446 g/mol. The van der Waals surface area contributed by atoms with Crippen molar-refractivity contribution in [1.29, 1.82) is 0 Å². The molecule has 0 spiro atoms. The molecule has 0 radical (unpaired) electrons. The van der Waals surface area contributed by atoms with Crippen LogP contribution >= 0.6 is 11.8 Å². The largest absolute Gasteiger partial charge is 0.379 e. The average Bonchev–Trinajstić information content (AvgIpc) is 3.06. The Morgan fingerprint density at radius 3 is 2.33 bits per heavy atom. The summed E-state index contributed by atoms with van der Waals surface area (Å²) in [4.78, 5) is 15.1. The number of carbonyl (C=O) groups is 1. The van der Waals surface area contributed by atoms with Crippen molar-refractivity contribution in [2.45, 2.75) is 16.6 Å². The summed E-state index contributed by atoms with van der Waals surface area (Å²) in [7, 11) is -3.55. The molecule has 2 aliphatic rings. The zero-order chi connectivity index (χ0) is 21.0. The van der Waals surface area contributed by atoms with Crippen LogP contribution in [-0.2, 0) is 14.8 Å². The highest BCUT2D eigenvalue weighted by Crippen LogP contribution is 2.34. The Balaban J connectivity index is 1.42. The molecule has 2 heterocycles. The number of hydrogen-bond donors (Lipinski definition) is 0. The fraction of sp³-hybridized carbons (Fsp3) is 0.409. The fourth-order valence-corrected chi connectivity index (χ4v) is 6.44. The van der Waals surface area contributed by atoms with Gasteiger partial charge < -0.3 is 9.64 Å². The van der Waals surface area contributed by atoms with Gasteiger partial charge in [0.2, 0.25) is 10.0 Å². The molecule has 2 saturated heterocycles. The van der Waals surface area contributed by atoms with E-state index in [1.54, 1.807) is 12.1 Å². The van der Waals surface area contributed by atoms with Crippen molar-refractivity contribution in [3.8, 4) is 0 Å². The maximum atomic E-state index is 13.0. The van der Waals surface area contributed by atoms with Crippen LogP contribution < -0.4 is 0 Å². The molecule has 0 N–H and O–H groups in total.